The van der Waals surface area contributed by atoms with Crippen LogP contribution >= 0.6 is 11.3 Å². The molecule has 2 aliphatic rings. The maximum atomic E-state index is 13.0. The Kier molecular flexibility index (Phi) is 5.33. The maximum absolute atomic E-state index is 13.0. The Morgan fingerprint density at radius 3 is 2.73 bits per heavy atom. The second-order valence-electron chi connectivity index (χ2n) is 7.18. The van der Waals surface area contributed by atoms with Crippen molar-refractivity contribution in [2.75, 3.05) is 39.4 Å². The average Bonchev–Trinajstić information content (AvgIpc) is 3.23. The predicted molar refractivity (Wildman–Crippen MR) is 103 cm³/mol. The molecule has 2 fully saturated rings. The number of morpholine rings is 1. The summed E-state index contributed by atoms with van der Waals surface area (Å²) < 4.78 is 5.80. The number of benzene rings is 1. The van der Waals surface area contributed by atoms with Gasteiger partial charge in [0.05, 0.1) is 30.5 Å². The lowest BCUT2D eigenvalue weighted by molar-refractivity contribution is -0.0773. The third kappa shape index (κ3) is 3.68. The van der Waals surface area contributed by atoms with Gasteiger partial charge in [-0.3, -0.25) is 9.78 Å². The van der Waals surface area contributed by atoms with E-state index in [2.05, 4.69) is 45.1 Å². The quantitative estimate of drug-likeness (QED) is 0.829. The van der Waals surface area contributed by atoms with Crippen molar-refractivity contribution in [3.63, 3.8) is 0 Å². The number of piperidine rings is 1. The van der Waals surface area contributed by atoms with Gasteiger partial charge in [0.25, 0.3) is 5.91 Å². The third-order valence-electron chi connectivity index (χ3n) is 5.64. The normalized spacial score (nSPS) is 20.4. The summed E-state index contributed by atoms with van der Waals surface area (Å²) in [7, 11) is 0. The van der Waals surface area contributed by atoms with Crippen molar-refractivity contribution in [2.24, 2.45) is 0 Å². The lowest BCUT2D eigenvalue weighted by Crippen LogP contribution is -2.63. The molecule has 1 aromatic carbocycles. The first-order valence-corrected chi connectivity index (χ1v) is 10.2. The summed E-state index contributed by atoms with van der Waals surface area (Å²) in [4.78, 5) is 22.3. The van der Waals surface area contributed by atoms with Gasteiger partial charge >= 0.3 is 0 Å². The van der Waals surface area contributed by atoms with Crippen molar-refractivity contribution in [3.8, 4) is 0 Å². The van der Waals surface area contributed by atoms with Crippen LogP contribution in [0, 0.1) is 0 Å². The van der Waals surface area contributed by atoms with Crippen LogP contribution in [0.4, 0.5) is 0 Å². The molecule has 0 aliphatic carbocycles. The fraction of sp³-hybridized carbons (Fsp3) is 0.500. The van der Waals surface area contributed by atoms with Gasteiger partial charge in [-0.1, -0.05) is 30.3 Å². The van der Waals surface area contributed by atoms with Crippen molar-refractivity contribution >= 4 is 17.2 Å². The molecule has 5 nitrogen and oxygen atoms in total. The van der Waals surface area contributed by atoms with E-state index in [1.54, 1.807) is 11.7 Å². The van der Waals surface area contributed by atoms with E-state index in [0.29, 0.717) is 19.8 Å². The summed E-state index contributed by atoms with van der Waals surface area (Å²) in [6.07, 6.45) is 4.72. The molecule has 0 N–H and O–H groups in total. The van der Waals surface area contributed by atoms with Gasteiger partial charge in [0, 0.05) is 26.2 Å². The highest BCUT2D eigenvalue weighted by Crippen LogP contribution is 2.33. The number of ether oxygens (including phenoxy) is 1. The molecule has 3 heterocycles. The van der Waals surface area contributed by atoms with Gasteiger partial charge in [0.15, 0.2) is 0 Å². The van der Waals surface area contributed by atoms with Gasteiger partial charge in [0.2, 0.25) is 0 Å². The lowest BCUT2D eigenvalue weighted by Gasteiger charge is -2.51. The fourth-order valence-electron chi connectivity index (χ4n) is 4.04. The smallest absolute Gasteiger partial charge is 0.266 e. The lowest BCUT2D eigenvalue weighted by atomic mass is 9.85. The average molecular weight is 372 g/mol. The second kappa shape index (κ2) is 7.86. The topological polar surface area (TPSA) is 45.7 Å². The van der Waals surface area contributed by atoms with Crippen molar-refractivity contribution in [1.82, 2.24) is 14.8 Å². The number of thiazole rings is 1. The predicted octanol–water partition coefficient (Wildman–Crippen LogP) is 2.69. The Bertz CT molecular complexity index is 712. The molecule has 2 aromatic rings. The molecule has 0 radical (unpaired) electrons. The first-order valence-electron chi connectivity index (χ1n) is 9.31. The minimum absolute atomic E-state index is 0.119. The summed E-state index contributed by atoms with van der Waals surface area (Å²) in [5.74, 6) is 0.119. The van der Waals surface area contributed by atoms with Crippen LogP contribution < -0.4 is 0 Å². The van der Waals surface area contributed by atoms with Crippen LogP contribution in [-0.2, 0) is 11.2 Å². The summed E-state index contributed by atoms with van der Waals surface area (Å²) in [6, 6.07) is 10.6. The monoisotopic (exact) mass is 371 g/mol. The Morgan fingerprint density at radius 1 is 1.19 bits per heavy atom. The minimum atomic E-state index is -0.150. The van der Waals surface area contributed by atoms with Crippen LogP contribution in [0.1, 0.15) is 28.1 Å². The third-order valence-corrected chi connectivity index (χ3v) is 6.40. The van der Waals surface area contributed by atoms with E-state index in [-0.39, 0.29) is 11.4 Å². The number of aromatic nitrogens is 1. The van der Waals surface area contributed by atoms with Crippen LogP contribution in [0.3, 0.4) is 0 Å². The molecule has 2 saturated heterocycles. The molecule has 1 amide bonds. The van der Waals surface area contributed by atoms with Crippen LogP contribution in [-0.4, -0.2) is 65.6 Å². The van der Waals surface area contributed by atoms with Gasteiger partial charge in [-0.15, -0.1) is 11.3 Å². The number of nitrogens with zero attached hydrogens (tertiary/aromatic N) is 3. The van der Waals surface area contributed by atoms with Crippen molar-refractivity contribution in [3.05, 3.63) is 52.5 Å². The van der Waals surface area contributed by atoms with Crippen molar-refractivity contribution in [2.45, 2.75) is 24.8 Å². The number of likely N-dealkylation sites (tertiary alicyclic amines) is 1. The highest BCUT2D eigenvalue weighted by molar-refractivity contribution is 7.11. The molecule has 0 bridgehead atoms. The number of rotatable bonds is 4. The van der Waals surface area contributed by atoms with E-state index in [1.165, 1.54) is 16.9 Å². The fourth-order valence-corrected chi connectivity index (χ4v) is 4.61. The largest absolute Gasteiger partial charge is 0.377 e. The zero-order chi connectivity index (χ0) is 17.8. The van der Waals surface area contributed by atoms with Gasteiger partial charge in [0.1, 0.15) is 4.88 Å². The molecular weight excluding hydrogens is 346 g/mol. The van der Waals surface area contributed by atoms with E-state index < -0.39 is 0 Å². The molecule has 1 spiro atoms. The SMILES string of the molecule is O=C(c1cncs1)N1CCOCC12CCN(CCc1ccccc1)CC2. The van der Waals surface area contributed by atoms with Crippen molar-refractivity contribution in [1.29, 1.82) is 0 Å². The molecule has 0 saturated carbocycles. The number of amides is 1. The van der Waals surface area contributed by atoms with Gasteiger partial charge in [-0.05, 0) is 24.8 Å². The molecule has 1 aromatic heterocycles. The van der Waals surface area contributed by atoms with Crippen LogP contribution in [0.5, 0.6) is 0 Å². The van der Waals surface area contributed by atoms with Crippen LogP contribution in [0.25, 0.3) is 0 Å². The van der Waals surface area contributed by atoms with Gasteiger partial charge in [-0.2, -0.15) is 0 Å². The van der Waals surface area contributed by atoms with E-state index >= 15 is 0 Å². The molecule has 4 rings (SSSR count). The zero-order valence-corrected chi connectivity index (χ0v) is 15.8. The number of carbonyl (C=O) groups excluding carboxylic acids is 1. The molecule has 0 atom stereocenters. The maximum Gasteiger partial charge on any atom is 0.266 e. The van der Waals surface area contributed by atoms with E-state index in [1.807, 2.05) is 0 Å². The van der Waals surface area contributed by atoms with E-state index in [4.69, 9.17) is 4.74 Å². The Hall–Kier alpha value is -1.76. The minimum Gasteiger partial charge on any atom is -0.377 e. The summed E-state index contributed by atoms with van der Waals surface area (Å²) in [6.45, 7) is 5.07. The van der Waals surface area contributed by atoms with Gasteiger partial charge < -0.3 is 14.5 Å². The summed E-state index contributed by atoms with van der Waals surface area (Å²) in [5, 5.41) is 0. The Morgan fingerprint density at radius 2 is 2.00 bits per heavy atom. The molecular formula is C20H25N3O2S. The number of carbonyl (C=O) groups is 1. The molecule has 6 heteroatoms. The molecule has 26 heavy (non-hydrogen) atoms. The summed E-state index contributed by atoms with van der Waals surface area (Å²) >= 11 is 1.42. The standard InChI is InChI=1S/C20H25N3O2S/c24-19(18-14-21-16-26-18)23-12-13-25-15-20(23)7-10-22(11-8-20)9-6-17-4-2-1-3-5-17/h1-5,14,16H,6-13,15H2. The molecule has 138 valence electrons. The van der Waals surface area contributed by atoms with Crippen LogP contribution in [0.15, 0.2) is 42.0 Å². The van der Waals surface area contributed by atoms with Crippen molar-refractivity contribution < 1.29 is 9.53 Å². The Balaban J connectivity index is 1.38. The summed E-state index contributed by atoms with van der Waals surface area (Å²) in [5.41, 5.74) is 2.96. The first-order chi connectivity index (χ1) is 12.8. The second-order valence-corrected chi connectivity index (χ2v) is 8.06. The Labute approximate surface area is 158 Å². The first kappa shape index (κ1) is 17.6. The zero-order valence-electron chi connectivity index (χ0n) is 15.0. The number of hydrogen-bond acceptors (Lipinski definition) is 5. The molecule has 0 unspecified atom stereocenters. The number of hydrogen-bond donors (Lipinski definition) is 0. The highest BCUT2D eigenvalue weighted by Gasteiger charge is 2.44. The highest BCUT2D eigenvalue weighted by atomic mass is 32.1. The van der Waals surface area contributed by atoms with E-state index in [9.17, 15) is 4.79 Å². The van der Waals surface area contributed by atoms with Crippen LogP contribution in [0.2, 0.25) is 0 Å². The van der Waals surface area contributed by atoms with Gasteiger partial charge in [-0.25, -0.2) is 0 Å². The van der Waals surface area contributed by atoms with E-state index in [0.717, 1.165) is 43.8 Å². The molecule has 2 aliphatic heterocycles.